The molecule has 1 rings (SSSR count). The lowest BCUT2D eigenvalue weighted by Crippen LogP contribution is -2.24. The Bertz CT molecular complexity index is 315. The number of nitrogens with one attached hydrogen (secondary N) is 2. The van der Waals surface area contributed by atoms with Crippen LogP contribution in [0.2, 0.25) is 0 Å². The smallest absolute Gasteiger partial charge is 0.0683 e. The van der Waals surface area contributed by atoms with Gasteiger partial charge in [-0.25, -0.2) is 0 Å². The summed E-state index contributed by atoms with van der Waals surface area (Å²) in [5, 5.41) is 6.83. The first-order valence-corrected chi connectivity index (χ1v) is 7.00. The van der Waals surface area contributed by atoms with Crippen molar-refractivity contribution in [1.82, 2.24) is 15.6 Å². The van der Waals surface area contributed by atoms with Crippen molar-refractivity contribution in [2.24, 2.45) is 5.92 Å². The van der Waals surface area contributed by atoms with Gasteiger partial charge < -0.3 is 10.6 Å². The molecule has 3 nitrogen and oxygen atoms in total. The third kappa shape index (κ3) is 6.76. The van der Waals surface area contributed by atoms with Gasteiger partial charge in [0.1, 0.15) is 0 Å². The van der Waals surface area contributed by atoms with Crippen molar-refractivity contribution >= 4 is 15.9 Å². The molecule has 2 N–H and O–H groups in total. The highest BCUT2D eigenvalue weighted by Crippen LogP contribution is 2.12. The molecule has 0 unspecified atom stereocenters. The summed E-state index contributed by atoms with van der Waals surface area (Å²) in [7, 11) is 0. The van der Waals surface area contributed by atoms with Crippen LogP contribution in [0.5, 0.6) is 0 Å². The quantitative estimate of drug-likeness (QED) is 0.725. The van der Waals surface area contributed by atoms with Crippen molar-refractivity contribution in [2.75, 3.05) is 19.6 Å². The van der Waals surface area contributed by atoms with Crippen LogP contribution in [0.25, 0.3) is 0 Å². The van der Waals surface area contributed by atoms with E-state index in [0.29, 0.717) is 0 Å². The van der Waals surface area contributed by atoms with E-state index in [1.54, 1.807) is 0 Å². The zero-order valence-corrected chi connectivity index (χ0v) is 12.3. The van der Waals surface area contributed by atoms with Gasteiger partial charge in [0, 0.05) is 17.2 Å². The van der Waals surface area contributed by atoms with Crippen LogP contribution in [0.3, 0.4) is 0 Å². The van der Waals surface area contributed by atoms with Crippen LogP contribution < -0.4 is 10.6 Å². The number of hydrogen-bond acceptors (Lipinski definition) is 3. The van der Waals surface area contributed by atoms with Gasteiger partial charge in [-0.2, -0.15) is 0 Å². The molecule has 0 fully saturated rings. The van der Waals surface area contributed by atoms with Crippen molar-refractivity contribution in [2.45, 2.75) is 26.8 Å². The molecule has 1 heterocycles. The van der Waals surface area contributed by atoms with Gasteiger partial charge >= 0.3 is 0 Å². The third-order valence-electron chi connectivity index (χ3n) is 2.39. The van der Waals surface area contributed by atoms with E-state index in [0.717, 1.165) is 48.7 Å². The van der Waals surface area contributed by atoms with Gasteiger partial charge in [-0.3, -0.25) is 4.98 Å². The van der Waals surface area contributed by atoms with E-state index >= 15 is 0 Å². The van der Waals surface area contributed by atoms with Gasteiger partial charge in [0.25, 0.3) is 0 Å². The van der Waals surface area contributed by atoms with E-state index in [1.165, 1.54) is 0 Å². The van der Waals surface area contributed by atoms with E-state index in [2.05, 4.69) is 45.4 Å². The Kier molecular flexibility index (Phi) is 7.40. The standard InChI is InChI=1S/C13H22BrN3/c1-11(2)9-15-6-4-7-16-10-13-12(14)5-3-8-17-13/h3,5,8,11,15-16H,4,6-7,9-10H2,1-2H3. The average Bonchev–Trinajstić information content (AvgIpc) is 2.30. The fourth-order valence-electron chi connectivity index (χ4n) is 1.48. The van der Waals surface area contributed by atoms with Crippen LogP contribution in [0, 0.1) is 5.92 Å². The summed E-state index contributed by atoms with van der Waals surface area (Å²) in [6, 6.07) is 3.96. The molecule has 1 aromatic heterocycles. The largest absolute Gasteiger partial charge is 0.316 e. The molecule has 17 heavy (non-hydrogen) atoms. The van der Waals surface area contributed by atoms with Crippen molar-refractivity contribution < 1.29 is 0 Å². The number of rotatable bonds is 8. The Morgan fingerprint density at radius 3 is 2.76 bits per heavy atom. The van der Waals surface area contributed by atoms with E-state index in [9.17, 15) is 0 Å². The molecule has 96 valence electrons. The molecule has 4 heteroatoms. The van der Waals surface area contributed by atoms with E-state index in [4.69, 9.17) is 0 Å². The maximum atomic E-state index is 4.31. The molecule has 0 aliphatic rings. The van der Waals surface area contributed by atoms with Gasteiger partial charge in [0.05, 0.1) is 5.69 Å². The second-order valence-corrected chi connectivity index (χ2v) is 5.41. The van der Waals surface area contributed by atoms with E-state index < -0.39 is 0 Å². The summed E-state index contributed by atoms with van der Waals surface area (Å²) >= 11 is 3.49. The van der Waals surface area contributed by atoms with E-state index in [-0.39, 0.29) is 0 Å². The Hall–Kier alpha value is -0.450. The van der Waals surface area contributed by atoms with Crippen LogP contribution in [0.4, 0.5) is 0 Å². The van der Waals surface area contributed by atoms with Crippen molar-refractivity contribution in [1.29, 1.82) is 0 Å². The number of pyridine rings is 1. The van der Waals surface area contributed by atoms with Gasteiger partial charge in [0.15, 0.2) is 0 Å². The average molecular weight is 300 g/mol. The minimum Gasteiger partial charge on any atom is -0.316 e. The van der Waals surface area contributed by atoms with Crippen LogP contribution in [0.15, 0.2) is 22.8 Å². The SMILES string of the molecule is CC(C)CNCCCNCc1ncccc1Br. The first-order chi connectivity index (χ1) is 8.20. The molecular formula is C13H22BrN3. The molecule has 0 aliphatic heterocycles. The fourth-order valence-corrected chi connectivity index (χ4v) is 1.88. The van der Waals surface area contributed by atoms with E-state index in [1.807, 2.05) is 18.3 Å². The molecule has 0 bridgehead atoms. The summed E-state index contributed by atoms with van der Waals surface area (Å²) in [6.45, 7) is 8.48. The number of aromatic nitrogens is 1. The zero-order chi connectivity index (χ0) is 12.5. The zero-order valence-electron chi connectivity index (χ0n) is 10.7. The topological polar surface area (TPSA) is 37.0 Å². The number of hydrogen-bond donors (Lipinski definition) is 2. The van der Waals surface area contributed by atoms with Crippen molar-refractivity contribution in [3.05, 3.63) is 28.5 Å². The number of nitrogens with zero attached hydrogens (tertiary/aromatic N) is 1. The molecular weight excluding hydrogens is 278 g/mol. The van der Waals surface area contributed by atoms with Gasteiger partial charge in [0.2, 0.25) is 0 Å². The minimum absolute atomic E-state index is 0.729. The molecule has 0 radical (unpaired) electrons. The summed E-state index contributed by atoms with van der Waals surface area (Å²) in [6.07, 6.45) is 2.98. The van der Waals surface area contributed by atoms with Gasteiger partial charge in [-0.15, -0.1) is 0 Å². The molecule has 0 atom stereocenters. The maximum absolute atomic E-state index is 4.31. The first-order valence-electron chi connectivity index (χ1n) is 6.21. The van der Waals surface area contributed by atoms with Crippen molar-refractivity contribution in [3.8, 4) is 0 Å². The Morgan fingerprint density at radius 1 is 1.29 bits per heavy atom. The number of halogens is 1. The molecule has 0 aliphatic carbocycles. The third-order valence-corrected chi connectivity index (χ3v) is 3.11. The van der Waals surface area contributed by atoms with Crippen LogP contribution in [-0.2, 0) is 6.54 Å². The highest BCUT2D eigenvalue weighted by molar-refractivity contribution is 9.10. The van der Waals surface area contributed by atoms with Crippen LogP contribution >= 0.6 is 15.9 Å². The summed E-state index contributed by atoms with van der Waals surface area (Å²) in [5.41, 5.74) is 1.07. The predicted octanol–water partition coefficient (Wildman–Crippen LogP) is 2.57. The Balaban J connectivity index is 2.03. The van der Waals surface area contributed by atoms with Gasteiger partial charge in [-0.1, -0.05) is 13.8 Å². The highest BCUT2D eigenvalue weighted by atomic mass is 79.9. The normalized spacial score (nSPS) is 11.1. The lowest BCUT2D eigenvalue weighted by atomic mass is 10.2. The Morgan fingerprint density at radius 2 is 2.06 bits per heavy atom. The fraction of sp³-hybridized carbons (Fsp3) is 0.615. The summed E-state index contributed by atoms with van der Waals surface area (Å²) in [5.74, 6) is 0.729. The van der Waals surface area contributed by atoms with Crippen molar-refractivity contribution in [3.63, 3.8) is 0 Å². The molecule has 0 saturated carbocycles. The summed E-state index contributed by atoms with van der Waals surface area (Å²) in [4.78, 5) is 4.31. The lowest BCUT2D eigenvalue weighted by Gasteiger charge is -2.08. The first kappa shape index (κ1) is 14.6. The van der Waals surface area contributed by atoms with Crippen LogP contribution in [-0.4, -0.2) is 24.6 Å². The van der Waals surface area contributed by atoms with Gasteiger partial charge in [-0.05, 0) is 60.0 Å². The lowest BCUT2D eigenvalue weighted by molar-refractivity contribution is 0.529. The Labute approximate surface area is 113 Å². The summed E-state index contributed by atoms with van der Waals surface area (Å²) < 4.78 is 1.07. The second-order valence-electron chi connectivity index (χ2n) is 4.56. The maximum Gasteiger partial charge on any atom is 0.0683 e. The minimum atomic E-state index is 0.729. The second kappa shape index (κ2) is 8.61. The predicted molar refractivity (Wildman–Crippen MR) is 76.0 cm³/mol. The molecule has 0 saturated heterocycles. The molecule has 0 aromatic carbocycles. The van der Waals surface area contributed by atoms with Crippen LogP contribution in [0.1, 0.15) is 26.0 Å². The molecule has 1 aromatic rings. The molecule has 0 amide bonds. The molecule has 0 spiro atoms. The monoisotopic (exact) mass is 299 g/mol. The highest BCUT2D eigenvalue weighted by Gasteiger charge is 1.98.